The average molecular weight is 287 g/mol. The van der Waals surface area contributed by atoms with E-state index in [0.717, 1.165) is 10.9 Å². The zero-order valence-corrected chi connectivity index (χ0v) is 11.8. The number of aryl methyl sites for hydroxylation is 1. The van der Waals surface area contributed by atoms with Gasteiger partial charge in [-0.05, 0) is 32.3 Å². The number of hydrogen-bond acceptors (Lipinski definition) is 3. The smallest absolute Gasteiger partial charge is 0.306 e. The van der Waals surface area contributed by atoms with E-state index in [2.05, 4.69) is 5.32 Å². The topological polar surface area (TPSA) is 79.5 Å². The Hall–Kier alpha value is -2.30. The Bertz CT molecular complexity index is 703. The lowest BCUT2D eigenvalue weighted by Gasteiger charge is -2.11. The number of carboxylic acids is 1. The van der Waals surface area contributed by atoms with Crippen molar-refractivity contribution in [3.8, 4) is 0 Å². The second-order valence-corrected chi connectivity index (χ2v) is 5.57. The Labute approximate surface area is 121 Å². The molecule has 1 aromatic carbocycles. The molecular formula is C16H17NO4. The Morgan fingerprint density at radius 1 is 1.29 bits per heavy atom. The van der Waals surface area contributed by atoms with Gasteiger partial charge in [0, 0.05) is 17.0 Å². The molecule has 3 rings (SSSR count). The molecule has 1 fully saturated rings. The van der Waals surface area contributed by atoms with Gasteiger partial charge in [0.1, 0.15) is 5.58 Å². The zero-order valence-electron chi connectivity index (χ0n) is 11.8. The number of carbonyl (C=O) groups is 2. The second kappa shape index (κ2) is 5.24. The van der Waals surface area contributed by atoms with Gasteiger partial charge >= 0.3 is 5.97 Å². The Balaban J connectivity index is 1.76. The van der Waals surface area contributed by atoms with Gasteiger partial charge in [0.25, 0.3) is 5.91 Å². The van der Waals surface area contributed by atoms with E-state index in [1.807, 2.05) is 31.2 Å². The van der Waals surface area contributed by atoms with E-state index in [1.54, 1.807) is 0 Å². The first-order chi connectivity index (χ1) is 10.1. The number of hydrogen-bond donors (Lipinski definition) is 2. The molecule has 0 bridgehead atoms. The summed E-state index contributed by atoms with van der Waals surface area (Å²) in [4.78, 5) is 23.3. The first kappa shape index (κ1) is 13.7. The number of carboxylic acid groups (broad SMARTS) is 1. The maximum atomic E-state index is 12.3. The minimum absolute atomic E-state index is 0.0915. The van der Waals surface area contributed by atoms with Crippen molar-refractivity contribution in [2.75, 3.05) is 0 Å². The van der Waals surface area contributed by atoms with E-state index in [4.69, 9.17) is 9.52 Å². The van der Waals surface area contributed by atoms with Crippen LogP contribution in [0.15, 0.2) is 28.7 Å². The highest BCUT2D eigenvalue weighted by atomic mass is 16.4. The molecule has 1 aromatic heterocycles. The van der Waals surface area contributed by atoms with Gasteiger partial charge in [-0.2, -0.15) is 0 Å². The van der Waals surface area contributed by atoms with Gasteiger partial charge in [-0.1, -0.05) is 18.2 Å². The molecule has 0 spiro atoms. The number of para-hydroxylation sites is 1. The van der Waals surface area contributed by atoms with Crippen molar-refractivity contribution in [1.82, 2.24) is 5.32 Å². The molecule has 1 heterocycles. The number of fused-ring (bicyclic) bond motifs is 1. The van der Waals surface area contributed by atoms with Crippen LogP contribution >= 0.6 is 0 Å². The third-order valence-electron chi connectivity index (χ3n) is 4.17. The third-order valence-corrected chi connectivity index (χ3v) is 4.17. The van der Waals surface area contributed by atoms with Gasteiger partial charge in [0.05, 0.1) is 5.92 Å². The molecule has 1 aliphatic carbocycles. The number of amides is 1. The lowest BCUT2D eigenvalue weighted by molar-refractivity contribution is -0.141. The molecule has 21 heavy (non-hydrogen) atoms. The van der Waals surface area contributed by atoms with Crippen molar-refractivity contribution in [3.05, 3.63) is 35.6 Å². The Morgan fingerprint density at radius 3 is 2.71 bits per heavy atom. The van der Waals surface area contributed by atoms with Crippen LogP contribution in [0.1, 0.15) is 35.4 Å². The predicted molar refractivity (Wildman–Crippen MR) is 77.2 cm³/mol. The van der Waals surface area contributed by atoms with Crippen LogP contribution in [0.5, 0.6) is 0 Å². The fraction of sp³-hybridized carbons (Fsp3) is 0.375. The number of carbonyl (C=O) groups excluding carboxylic acids is 1. The number of aliphatic carboxylic acids is 1. The van der Waals surface area contributed by atoms with Crippen LogP contribution < -0.4 is 5.32 Å². The number of furan rings is 1. The van der Waals surface area contributed by atoms with Crippen molar-refractivity contribution >= 4 is 22.8 Å². The molecule has 110 valence electrons. The van der Waals surface area contributed by atoms with Gasteiger partial charge in [0.2, 0.25) is 0 Å². The third kappa shape index (κ3) is 2.51. The molecule has 5 nitrogen and oxygen atoms in total. The molecule has 2 N–H and O–H groups in total. The van der Waals surface area contributed by atoms with E-state index in [-0.39, 0.29) is 17.9 Å². The van der Waals surface area contributed by atoms with E-state index in [1.165, 1.54) is 0 Å². The minimum Gasteiger partial charge on any atom is -0.481 e. The summed E-state index contributed by atoms with van der Waals surface area (Å²) in [5.41, 5.74) is 1.51. The summed E-state index contributed by atoms with van der Waals surface area (Å²) in [6.07, 6.45) is 1.79. The monoisotopic (exact) mass is 287 g/mol. The highest BCUT2D eigenvalue weighted by molar-refractivity contribution is 5.99. The highest BCUT2D eigenvalue weighted by Crippen LogP contribution is 2.28. The fourth-order valence-corrected chi connectivity index (χ4v) is 2.98. The van der Waals surface area contributed by atoms with Crippen LogP contribution in [0.3, 0.4) is 0 Å². The van der Waals surface area contributed by atoms with Crippen LogP contribution in [-0.2, 0) is 4.79 Å². The second-order valence-electron chi connectivity index (χ2n) is 5.57. The predicted octanol–water partition coefficient (Wildman–Crippen LogP) is 2.72. The van der Waals surface area contributed by atoms with E-state index in [9.17, 15) is 9.59 Å². The Kier molecular flexibility index (Phi) is 3.41. The highest BCUT2D eigenvalue weighted by Gasteiger charge is 2.31. The average Bonchev–Trinajstić information content (AvgIpc) is 3.05. The van der Waals surface area contributed by atoms with Crippen molar-refractivity contribution in [1.29, 1.82) is 0 Å². The largest absolute Gasteiger partial charge is 0.481 e. The summed E-state index contributed by atoms with van der Waals surface area (Å²) in [6.45, 7) is 1.86. The first-order valence-corrected chi connectivity index (χ1v) is 7.08. The van der Waals surface area contributed by atoms with Crippen LogP contribution in [0.2, 0.25) is 0 Å². The molecule has 2 atom stereocenters. The Morgan fingerprint density at radius 2 is 2.05 bits per heavy atom. The number of rotatable bonds is 3. The van der Waals surface area contributed by atoms with E-state index < -0.39 is 5.97 Å². The van der Waals surface area contributed by atoms with Crippen LogP contribution in [0, 0.1) is 12.8 Å². The number of benzene rings is 1. The van der Waals surface area contributed by atoms with Crippen LogP contribution in [0.25, 0.3) is 11.0 Å². The number of nitrogens with one attached hydrogen (secondary N) is 1. The SMILES string of the molecule is Cc1c(C(=O)NC2CCC(C(=O)O)C2)oc2ccccc12. The maximum Gasteiger partial charge on any atom is 0.306 e. The van der Waals surface area contributed by atoms with Gasteiger partial charge < -0.3 is 14.8 Å². The van der Waals surface area contributed by atoms with Gasteiger partial charge in [-0.25, -0.2) is 0 Å². The summed E-state index contributed by atoms with van der Waals surface area (Å²) in [6, 6.07) is 7.42. The molecule has 0 aliphatic heterocycles. The molecule has 0 saturated heterocycles. The zero-order chi connectivity index (χ0) is 15.0. The standard InChI is InChI=1S/C16H17NO4/c1-9-12-4-2-3-5-13(12)21-14(9)15(18)17-11-7-6-10(8-11)16(19)20/h2-5,10-11H,6-8H2,1H3,(H,17,18)(H,19,20). The summed E-state index contributed by atoms with van der Waals surface area (Å²) in [5.74, 6) is -1.09. The molecular weight excluding hydrogens is 270 g/mol. The van der Waals surface area contributed by atoms with E-state index >= 15 is 0 Å². The summed E-state index contributed by atoms with van der Waals surface area (Å²) in [5, 5.41) is 12.8. The van der Waals surface area contributed by atoms with Crippen LogP contribution in [0.4, 0.5) is 0 Å². The van der Waals surface area contributed by atoms with E-state index in [0.29, 0.717) is 30.6 Å². The summed E-state index contributed by atoms with van der Waals surface area (Å²) < 4.78 is 5.62. The van der Waals surface area contributed by atoms with Crippen molar-refractivity contribution in [3.63, 3.8) is 0 Å². The van der Waals surface area contributed by atoms with Gasteiger partial charge in [-0.3, -0.25) is 9.59 Å². The minimum atomic E-state index is -0.785. The lowest BCUT2D eigenvalue weighted by atomic mass is 10.1. The molecule has 1 saturated carbocycles. The maximum absolute atomic E-state index is 12.3. The lowest BCUT2D eigenvalue weighted by Crippen LogP contribution is -2.33. The molecule has 2 unspecified atom stereocenters. The molecule has 1 amide bonds. The van der Waals surface area contributed by atoms with Crippen molar-refractivity contribution < 1.29 is 19.1 Å². The molecule has 1 aliphatic rings. The fourth-order valence-electron chi connectivity index (χ4n) is 2.98. The normalized spacial score (nSPS) is 21.6. The molecule has 0 radical (unpaired) electrons. The van der Waals surface area contributed by atoms with Crippen LogP contribution in [-0.4, -0.2) is 23.0 Å². The first-order valence-electron chi connectivity index (χ1n) is 7.08. The van der Waals surface area contributed by atoms with Crippen molar-refractivity contribution in [2.45, 2.75) is 32.2 Å². The van der Waals surface area contributed by atoms with Gasteiger partial charge in [0.15, 0.2) is 5.76 Å². The summed E-state index contributed by atoms with van der Waals surface area (Å²) >= 11 is 0. The molecule has 2 aromatic rings. The molecule has 5 heteroatoms. The van der Waals surface area contributed by atoms with Gasteiger partial charge in [-0.15, -0.1) is 0 Å². The summed E-state index contributed by atoms with van der Waals surface area (Å²) in [7, 11) is 0. The van der Waals surface area contributed by atoms with Crippen molar-refractivity contribution in [2.24, 2.45) is 5.92 Å². The quantitative estimate of drug-likeness (QED) is 0.909.